The summed E-state index contributed by atoms with van der Waals surface area (Å²) in [6.07, 6.45) is 1.43. The Kier molecular flexibility index (Phi) is 8.79. The third-order valence-electron chi connectivity index (χ3n) is 3.61. The number of hydrogen-bond donors (Lipinski definition) is 2. The molecule has 0 heterocycles. The summed E-state index contributed by atoms with van der Waals surface area (Å²) in [6, 6.07) is 8.62. The zero-order valence-corrected chi connectivity index (χ0v) is 15.6. The van der Waals surface area contributed by atoms with Gasteiger partial charge in [0.2, 0.25) is 0 Å². The number of amides is 1. The molecule has 0 aliphatic rings. The molecule has 2 N–H and O–H groups in total. The van der Waals surface area contributed by atoms with Crippen LogP contribution < -0.4 is 10.6 Å². The summed E-state index contributed by atoms with van der Waals surface area (Å²) < 4.78 is 10.5. The van der Waals surface area contributed by atoms with Crippen molar-refractivity contribution in [3.63, 3.8) is 0 Å². The Hall–Kier alpha value is -1.59. The van der Waals surface area contributed by atoms with Crippen LogP contribution in [0.15, 0.2) is 24.3 Å². The highest BCUT2D eigenvalue weighted by Crippen LogP contribution is 2.08. The lowest BCUT2D eigenvalue weighted by molar-refractivity contribution is 0.0526. The molecule has 0 aliphatic carbocycles. The number of nitrogens with one attached hydrogen (secondary N) is 2. The zero-order valence-electron chi connectivity index (χ0n) is 15.6. The lowest BCUT2D eigenvalue weighted by atomic mass is 10.1. The van der Waals surface area contributed by atoms with Gasteiger partial charge in [0.1, 0.15) is 5.60 Å². The molecular weight excluding hydrogens is 304 g/mol. The van der Waals surface area contributed by atoms with Crippen LogP contribution >= 0.6 is 0 Å². The van der Waals surface area contributed by atoms with Gasteiger partial charge in [0.15, 0.2) is 0 Å². The first-order chi connectivity index (χ1) is 11.3. The van der Waals surface area contributed by atoms with Crippen molar-refractivity contribution in [2.75, 3.05) is 20.3 Å². The smallest absolute Gasteiger partial charge is 0.407 e. The summed E-state index contributed by atoms with van der Waals surface area (Å²) in [5.41, 5.74) is 2.12. The van der Waals surface area contributed by atoms with Gasteiger partial charge < -0.3 is 20.1 Å². The minimum Gasteiger partial charge on any atom is -0.444 e. The monoisotopic (exact) mass is 336 g/mol. The van der Waals surface area contributed by atoms with Crippen molar-refractivity contribution in [2.45, 2.75) is 58.7 Å². The number of methoxy groups -OCH3 is 1. The van der Waals surface area contributed by atoms with Crippen LogP contribution in [0.25, 0.3) is 0 Å². The lowest BCUT2D eigenvalue weighted by Crippen LogP contribution is -2.35. The molecule has 0 fully saturated rings. The van der Waals surface area contributed by atoms with Crippen LogP contribution in [0.2, 0.25) is 0 Å². The first kappa shape index (κ1) is 20.5. The van der Waals surface area contributed by atoms with Gasteiger partial charge in [-0.15, -0.1) is 0 Å². The number of rotatable bonds is 9. The lowest BCUT2D eigenvalue weighted by Gasteiger charge is -2.21. The van der Waals surface area contributed by atoms with Gasteiger partial charge in [-0.1, -0.05) is 24.3 Å². The van der Waals surface area contributed by atoms with E-state index in [1.54, 1.807) is 7.11 Å². The van der Waals surface area contributed by atoms with Crippen LogP contribution in [0.4, 0.5) is 4.79 Å². The predicted molar refractivity (Wildman–Crippen MR) is 97.2 cm³/mol. The van der Waals surface area contributed by atoms with Gasteiger partial charge in [-0.2, -0.15) is 0 Å². The molecule has 5 nitrogen and oxygen atoms in total. The molecule has 0 saturated heterocycles. The highest BCUT2D eigenvalue weighted by molar-refractivity contribution is 5.67. The number of aryl methyl sites for hydroxylation is 1. The molecule has 0 spiro atoms. The number of benzene rings is 1. The summed E-state index contributed by atoms with van der Waals surface area (Å²) in [4.78, 5) is 11.6. The Bertz CT molecular complexity index is 498. The topological polar surface area (TPSA) is 59.6 Å². The highest BCUT2D eigenvalue weighted by atomic mass is 16.6. The first-order valence-electron chi connectivity index (χ1n) is 8.55. The van der Waals surface area contributed by atoms with E-state index in [9.17, 15) is 4.79 Å². The van der Waals surface area contributed by atoms with Gasteiger partial charge in [0.05, 0.1) is 6.61 Å². The Morgan fingerprint density at radius 1 is 1.25 bits per heavy atom. The fraction of sp³-hybridized carbons (Fsp3) is 0.632. The van der Waals surface area contributed by atoms with Crippen molar-refractivity contribution in [1.29, 1.82) is 0 Å². The summed E-state index contributed by atoms with van der Waals surface area (Å²) in [7, 11) is 1.71. The van der Waals surface area contributed by atoms with Gasteiger partial charge in [-0.25, -0.2) is 4.79 Å². The fourth-order valence-electron chi connectivity index (χ4n) is 2.36. The summed E-state index contributed by atoms with van der Waals surface area (Å²) in [6.45, 7) is 9.76. The largest absolute Gasteiger partial charge is 0.444 e. The van der Waals surface area contributed by atoms with Crippen molar-refractivity contribution < 1.29 is 14.3 Å². The van der Waals surface area contributed by atoms with Gasteiger partial charge >= 0.3 is 6.09 Å². The maximum atomic E-state index is 11.6. The van der Waals surface area contributed by atoms with E-state index in [0.717, 1.165) is 19.4 Å². The van der Waals surface area contributed by atoms with E-state index >= 15 is 0 Å². The van der Waals surface area contributed by atoms with Crippen LogP contribution in [-0.4, -0.2) is 38.0 Å². The number of hydrogen-bond acceptors (Lipinski definition) is 4. The van der Waals surface area contributed by atoms with E-state index in [0.29, 0.717) is 13.2 Å². The van der Waals surface area contributed by atoms with Crippen molar-refractivity contribution in [1.82, 2.24) is 10.6 Å². The first-order valence-corrected chi connectivity index (χ1v) is 8.55. The van der Waals surface area contributed by atoms with Gasteiger partial charge in [-0.3, -0.25) is 0 Å². The minimum atomic E-state index is -0.461. The van der Waals surface area contributed by atoms with Crippen molar-refractivity contribution in [3.8, 4) is 0 Å². The SMILES string of the molecule is COCC(CCCNC(=O)OC(C)(C)C)NCc1ccccc1C. The van der Waals surface area contributed by atoms with E-state index in [2.05, 4.69) is 35.8 Å². The molecule has 1 atom stereocenters. The third kappa shape index (κ3) is 8.89. The molecule has 0 aliphatic heterocycles. The second-order valence-corrected chi connectivity index (χ2v) is 7.03. The van der Waals surface area contributed by atoms with E-state index in [-0.39, 0.29) is 12.1 Å². The molecule has 5 heteroatoms. The van der Waals surface area contributed by atoms with Crippen LogP contribution in [0.3, 0.4) is 0 Å². The Balaban J connectivity index is 2.31. The number of carbonyl (C=O) groups is 1. The molecule has 24 heavy (non-hydrogen) atoms. The molecule has 1 aromatic rings. The quantitative estimate of drug-likeness (QED) is 0.679. The molecular formula is C19H32N2O3. The standard InChI is InChI=1S/C19H32N2O3/c1-15-9-6-7-10-16(15)13-21-17(14-23-5)11-8-12-20-18(22)24-19(2,3)4/h6-7,9-10,17,21H,8,11-14H2,1-5H3,(H,20,22). The molecule has 1 amide bonds. The van der Waals surface area contributed by atoms with Crippen LogP contribution in [0.5, 0.6) is 0 Å². The zero-order chi connectivity index (χ0) is 18.0. The normalized spacial score (nSPS) is 12.7. The van der Waals surface area contributed by atoms with Gasteiger partial charge in [-0.05, 0) is 51.7 Å². The van der Waals surface area contributed by atoms with Crippen LogP contribution in [0.1, 0.15) is 44.7 Å². The average molecular weight is 336 g/mol. The number of ether oxygens (including phenoxy) is 2. The predicted octanol–water partition coefficient (Wildman–Crippen LogP) is 3.40. The molecule has 1 aromatic carbocycles. The van der Waals surface area contributed by atoms with Crippen LogP contribution in [0, 0.1) is 6.92 Å². The number of carbonyl (C=O) groups excluding carboxylic acids is 1. The Morgan fingerprint density at radius 3 is 2.58 bits per heavy atom. The second-order valence-electron chi connectivity index (χ2n) is 7.03. The van der Waals surface area contributed by atoms with Crippen LogP contribution in [-0.2, 0) is 16.0 Å². The average Bonchev–Trinajstić information content (AvgIpc) is 2.48. The summed E-state index contributed by atoms with van der Waals surface area (Å²) in [5.74, 6) is 0. The van der Waals surface area contributed by atoms with E-state index < -0.39 is 5.60 Å². The van der Waals surface area contributed by atoms with Crippen molar-refractivity contribution in [2.24, 2.45) is 0 Å². The molecule has 0 radical (unpaired) electrons. The highest BCUT2D eigenvalue weighted by Gasteiger charge is 2.15. The maximum absolute atomic E-state index is 11.6. The second kappa shape index (κ2) is 10.3. The summed E-state index contributed by atoms with van der Waals surface area (Å²) in [5, 5.41) is 6.33. The van der Waals surface area contributed by atoms with Gasteiger partial charge in [0.25, 0.3) is 0 Å². The minimum absolute atomic E-state index is 0.259. The molecule has 1 unspecified atom stereocenters. The molecule has 136 valence electrons. The molecule has 0 aromatic heterocycles. The van der Waals surface area contributed by atoms with E-state index in [4.69, 9.17) is 9.47 Å². The van der Waals surface area contributed by atoms with E-state index in [1.807, 2.05) is 26.8 Å². The molecule has 0 saturated carbocycles. The van der Waals surface area contributed by atoms with Crippen molar-refractivity contribution in [3.05, 3.63) is 35.4 Å². The maximum Gasteiger partial charge on any atom is 0.407 e. The molecule has 1 rings (SSSR count). The third-order valence-corrected chi connectivity index (χ3v) is 3.61. The Morgan fingerprint density at radius 2 is 1.96 bits per heavy atom. The molecule has 0 bridgehead atoms. The fourth-order valence-corrected chi connectivity index (χ4v) is 2.36. The Labute approximate surface area is 146 Å². The van der Waals surface area contributed by atoms with Crippen molar-refractivity contribution >= 4 is 6.09 Å². The summed E-state index contributed by atoms with van der Waals surface area (Å²) >= 11 is 0. The number of alkyl carbamates (subject to hydrolysis) is 1. The van der Waals surface area contributed by atoms with Gasteiger partial charge in [0, 0.05) is 26.2 Å². The van der Waals surface area contributed by atoms with E-state index in [1.165, 1.54) is 11.1 Å².